The molecule has 0 aliphatic heterocycles. The fourth-order valence-corrected chi connectivity index (χ4v) is 2.10. The number of halogens is 3. The summed E-state index contributed by atoms with van der Waals surface area (Å²) in [7, 11) is 1.31. The molecule has 1 unspecified atom stereocenters. The topological polar surface area (TPSA) is 80.0 Å². The number of hydrogen-bond donors (Lipinski definition) is 2. The lowest BCUT2D eigenvalue weighted by molar-refractivity contribution is -0.270. The summed E-state index contributed by atoms with van der Waals surface area (Å²) >= 11 is 0. The van der Waals surface area contributed by atoms with Crippen LogP contribution in [-0.4, -0.2) is 31.7 Å². The monoisotopic (exact) mass is 328 g/mol. The highest BCUT2D eigenvalue weighted by Crippen LogP contribution is 2.40. The standard InChI is InChI=1S/C14H15F3N4O2/c1-9-4-3-5-18-11(9)20-10(22)8-13(23,14(15,16)17)12-19-6-7-21(12)2/h3-7,23H,8H2,1-2H3,(H,18,20,22). The third-order valence-corrected chi connectivity index (χ3v) is 3.34. The highest BCUT2D eigenvalue weighted by molar-refractivity contribution is 5.91. The predicted octanol–water partition coefficient (Wildman–Crippen LogP) is 1.90. The average Bonchev–Trinajstić information content (AvgIpc) is 2.86. The summed E-state index contributed by atoms with van der Waals surface area (Å²) in [5.74, 6) is -1.53. The molecule has 9 heteroatoms. The Balaban J connectivity index is 2.28. The molecule has 2 rings (SSSR count). The number of anilines is 1. The van der Waals surface area contributed by atoms with E-state index in [2.05, 4.69) is 15.3 Å². The summed E-state index contributed by atoms with van der Waals surface area (Å²) in [4.78, 5) is 19.4. The van der Waals surface area contributed by atoms with Crippen LogP contribution in [0.2, 0.25) is 0 Å². The van der Waals surface area contributed by atoms with E-state index in [9.17, 15) is 23.1 Å². The van der Waals surface area contributed by atoms with Gasteiger partial charge < -0.3 is 15.0 Å². The molecule has 1 amide bonds. The second kappa shape index (κ2) is 5.99. The first-order valence-corrected chi connectivity index (χ1v) is 6.63. The summed E-state index contributed by atoms with van der Waals surface area (Å²) < 4.78 is 41.0. The van der Waals surface area contributed by atoms with Crippen molar-refractivity contribution >= 4 is 11.7 Å². The lowest BCUT2D eigenvalue weighted by Gasteiger charge is -2.29. The van der Waals surface area contributed by atoms with Crippen LogP contribution in [0.5, 0.6) is 0 Å². The highest BCUT2D eigenvalue weighted by atomic mass is 19.4. The molecule has 0 aliphatic rings. The molecule has 2 heterocycles. The molecule has 124 valence electrons. The molecule has 1 atom stereocenters. The van der Waals surface area contributed by atoms with Gasteiger partial charge in [0.05, 0.1) is 6.42 Å². The summed E-state index contributed by atoms with van der Waals surface area (Å²) in [6, 6.07) is 3.28. The molecule has 0 aliphatic carbocycles. The zero-order chi connectivity index (χ0) is 17.3. The van der Waals surface area contributed by atoms with E-state index in [0.29, 0.717) is 5.56 Å². The minimum Gasteiger partial charge on any atom is -0.374 e. The zero-order valence-corrected chi connectivity index (χ0v) is 12.4. The number of aryl methyl sites for hydroxylation is 2. The summed E-state index contributed by atoms with van der Waals surface area (Å²) in [5, 5.41) is 12.4. The number of aromatic nitrogens is 3. The maximum Gasteiger partial charge on any atom is 0.425 e. The second-order valence-corrected chi connectivity index (χ2v) is 5.11. The molecule has 23 heavy (non-hydrogen) atoms. The van der Waals surface area contributed by atoms with Crippen molar-refractivity contribution in [1.29, 1.82) is 0 Å². The minimum atomic E-state index is -5.07. The van der Waals surface area contributed by atoms with Gasteiger partial charge in [-0.25, -0.2) is 9.97 Å². The Kier molecular flexibility index (Phi) is 4.42. The molecular weight excluding hydrogens is 313 g/mol. The fraction of sp³-hybridized carbons (Fsp3) is 0.357. The lowest BCUT2D eigenvalue weighted by atomic mass is 9.97. The first kappa shape index (κ1) is 16.9. The lowest BCUT2D eigenvalue weighted by Crippen LogP contribution is -2.46. The number of amides is 1. The number of carbonyl (C=O) groups is 1. The number of hydrogen-bond acceptors (Lipinski definition) is 4. The van der Waals surface area contributed by atoms with Crippen molar-refractivity contribution in [2.45, 2.75) is 25.1 Å². The van der Waals surface area contributed by atoms with Crippen LogP contribution in [0.4, 0.5) is 19.0 Å². The van der Waals surface area contributed by atoms with Crippen LogP contribution in [0, 0.1) is 6.92 Å². The first-order chi connectivity index (χ1) is 10.6. The normalized spacial score (nSPS) is 14.3. The molecule has 0 bridgehead atoms. The van der Waals surface area contributed by atoms with E-state index in [1.165, 1.54) is 19.4 Å². The van der Waals surface area contributed by atoms with Gasteiger partial charge in [0.1, 0.15) is 5.82 Å². The van der Waals surface area contributed by atoms with Gasteiger partial charge in [0.15, 0.2) is 5.82 Å². The number of nitrogens with zero attached hydrogens (tertiary/aromatic N) is 3. The van der Waals surface area contributed by atoms with Crippen LogP contribution in [0.3, 0.4) is 0 Å². The van der Waals surface area contributed by atoms with E-state index >= 15 is 0 Å². The summed E-state index contributed by atoms with van der Waals surface area (Å²) in [5.41, 5.74) is -2.80. The van der Waals surface area contributed by atoms with Crippen molar-refractivity contribution in [2.75, 3.05) is 5.32 Å². The van der Waals surface area contributed by atoms with E-state index in [4.69, 9.17) is 0 Å². The molecule has 0 fully saturated rings. The van der Waals surface area contributed by atoms with Crippen LogP contribution >= 0.6 is 0 Å². The van der Waals surface area contributed by atoms with Crippen LogP contribution in [0.25, 0.3) is 0 Å². The minimum absolute atomic E-state index is 0.141. The molecule has 0 aromatic carbocycles. The third kappa shape index (κ3) is 3.34. The SMILES string of the molecule is Cc1cccnc1NC(=O)CC(O)(c1nccn1C)C(F)(F)F. The van der Waals surface area contributed by atoms with Gasteiger partial charge in [0.2, 0.25) is 11.5 Å². The predicted molar refractivity (Wildman–Crippen MR) is 75.4 cm³/mol. The van der Waals surface area contributed by atoms with E-state index in [-0.39, 0.29) is 5.82 Å². The molecule has 6 nitrogen and oxygen atoms in total. The molecule has 0 saturated carbocycles. The Morgan fingerprint density at radius 2 is 2.04 bits per heavy atom. The Morgan fingerprint density at radius 3 is 2.57 bits per heavy atom. The van der Waals surface area contributed by atoms with Gasteiger partial charge in [-0.15, -0.1) is 0 Å². The van der Waals surface area contributed by atoms with E-state index in [1.54, 1.807) is 19.1 Å². The number of nitrogens with one attached hydrogen (secondary N) is 1. The van der Waals surface area contributed by atoms with Gasteiger partial charge in [-0.2, -0.15) is 13.2 Å². The van der Waals surface area contributed by atoms with Crippen molar-refractivity contribution in [3.05, 3.63) is 42.1 Å². The molecule has 2 N–H and O–H groups in total. The Morgan fingerprint density at radius 1 is 1.35 bits per heavy atom. The third-order valence-electron chi connectivity index (χ3n) is 3.34. The van der Waals surface area contributed by atoms with Gasteiger partial charge in [0, 0.05) is 25.6 Å². The maximum absolute atomic E-state index is 13.3. The first-order valence-electron chi connectivity index (χ1n) is 6.63. The summed E-state index contributed by atoms with van der Waals surface area (Å²) in [6.45, 7) is 1.65. The number of pyridine rings is 1. The number of alkyl halides is 3. The number of imidazole rings is 1. The van der Waals surface area contributed by atoms with Crippen LogP contribution in [0.15, 0.2) is 30.7 Å². The van der Waals surface area contributed by atoms with Gasteiger partial charge in [-0.05, 0) is 18.6 Å². The fourth-order valence-electron chi connectivity index (χ4n) is 2.10. The smallest absolute Gasteiger partial charge is 0.374 e. The molecule has 0 spiro atoms. The molecule has 0 radical (unpaired) electrons. The number of carbonyl (C=O) groups excluding carboxylic acids is 1. The molecule has 2 aromatic heterocycles. The molecule has 0 saturated heterocycles. The maximum atomic E-state index is 13.3. The summed E-state index contributed by atoms with van der Waals surface area (Å²) in [6.07, 6.45) is -2.52. The highest BCUT2D eigenvalue weighted by Gasteiger charge is 2.58. The number of rotatable bonds is 4. The molecular formula is C14H15F3N4O2. The van der Waals surface area contributed by atoms with Crippen LogP contribution in [-0.2, 0) is 17.4 Å². The Hall–Kier alpha value is -2.42. The van der Waals surface area contributed by atoms with Crippen molar-refractivity contribution in [3.8, 4) is 0 Å². The van der Waals surface area contributed by atoms with Crippen molar-refractivity contribution in [2.24, 2.45) is 7.05 Å². The Bertz CT molecular complexity index is 714. The van der Waals surface area contributed by atoms with E-state index < -0.39 is 29.9 Å². The van der Waals surface area contributed by atoms with E-state index in [1.807, 2.05) is 0 Å². The van der Waals surface area contributed by atoms with Crippen LogP contribution in [0.1, 0.15) is 17.8 Å². The average molecular weight is 328 g/mol. The van der Waals surface area contributed by atoms with Crippen LogP contribution < -0.4 is 5.32 Å². The largest absolute Gasteiger partial charge is 0.425 e. The van der Waals surface area contributed by atoms with Crippen molar-refractivity contribution < 1.29 is 23.1 Å². The quantitative estimate of drug-likeness (QED) is 0.898. The Labute approximate surface area is 130 Å². The van der Waals surface area contributed by atoms with E-state index in [0.717, 1.165) is 10.8 Å². The van der Waals surface area contributed by atoms with Gasteiger partial charge in [-0.3, -0.25) is 4.79 Å². The van der Waals surface area contributed by atoms with Crippen molar-refractivity contribution in [1.82, 2.24) is 14.5 Å². The number of aliphatic hydroxyl groups is 1. The second-order valence-electron chi connectivity index (χ2n) is 5.11. The zero-order valence-electron chi connectivity index (χ0n) is 12.4. The van der Waals surface area contributed by atoms with Gasteiger partial charge in [0.25, 0.3) is 0 Å². The van der Waals surface area contributed by atoms with Gasteiger partial charge >= 0.3 is 6.18 Å². The van der Waals surface area contributed by atoms with Crippen molar-refractivity contribution in [3.63, 3.8) is 0 Å². The molecule has 2 aromatic rings. The van der Waals surface area contributed by atoms with Gasteiger partial charge in [-0.1, -0.05) is 6.07 Å².